The molecule has 0 amide bonds. The molecule has 0 aliphatic rings. The molecule has 0 unspecified atom stereocenters. The number of aromatic nitrogens is 3. The van der Waals surface area contributed by atoms with Crippen molar-refractivity contribution in [1.29, 1.82) is 0 Å². The van der Waals surface area contributed by atoms with Crippen LogP contribution >= 0.6 is 22.7 Å². The Kier molecular flexibility index (Phi) is 3.95. The van der Waals surface area contributed by atoms with Crippen molar-refractivity contribution in [3.63, 3.8) is 0 Å². The normalized spacial score (nSPS) is 12.5. The summed E-state index contributed by atoms with van der Waals surface area (Å²) in [4.78, 5) is 5.27. The summed E-state index contributed by atoms with van der Waals surface area (Å²) in [7, 11) is 0. The molecule has 5 heterocycles. The fraction of sp³-hybridized carbons (Fsp3) is 0. The van der Waals surface area contributed by atoms with Crippen molar-refractivity contribution >= 4 is 102 Å². The van der Waals surface area contributed by atoms with Crippen LogP contribution in [-0.2, 0) is 0 Å². The minimum absolute atomic E-state index is 1.01. The molecule has 0 radical (unpaired) electrons. The molecule has 40 heavy (non-hydrogen) atoms. The Bertz CT molecular complexity index is 2660. The van der Waals surface area contributed by atoms with Crippen LogP contribution in [-0.4, -0.2) is 14.0 Å². The summed E-state index contributed by atoms with van der Waals surface area (Å²) < 4.78 is 8.88. The van der Waals surface area contributed by atoms with Crippen molar-refractivity contribution in [3.8, 4) is 5.69 Å². The number of para-hydroxylation sites is 2. The average Bonchev–Trinajstić information content (AvgIpc) is 3.74. The molecule has 0 saturated heterocycles. The maximum absolute atomic E-state index is 5.27. The monoisotopic (exact) mass is 545 g/mol. The first kappa shape index (κ1) is 21.2. The molecular formula is C35H19N3S2. The average molecular weight is 546 g/mol. The highest BCUT2D eigenvalue weighted by molar-refractivity contribution is 7.45. The summed E-state index contributed by atoms with van der Waals surface area (Å²) in [6.45, 7) is 0. The molecule has 0 spiro atoms. The molecule has 0 N–H and O–H groups in total. The number of hydrogen-bond acceptors (Lipinski definition) is 3. The van der Waals surface area contributed by atoms with E-state index in [0.717, 1.165) is 22.4 Å². The van der Waals surface area contributed by atoms with E-state index in [-0.39, 0.29) is 0 Å². The maximum Gasteiger partial charge on any atom is 0.146 e. The Morgan fingerprint density at radius 1 is 0.550 bits per heavy atom. The van der Waals surface area contributed by atoms with Gasteiger partial charge in [-0.05, 0) is 41.8 Å². The molecule has 10 rings (SSSR count). The third kappa shape index (κ3) is 2.57. The van der Waals surface area contributed by atoms with Gasteiger partial charge in [-0.15, -0.1) is 22.7 Å². The van der Waals surface area contributed by atoms with Gasteiger partial charge >= 0.3 is 0 Å². The predicted molar refractivity (Wildman–Crippen MR) is 173 cm³/mol. The van der Waals surface area contributed by atoms with E-state index < -0.39 is 0 Å². The zero-order valence-electron chi connectivity index (χ0n) is 21.1. The molecule has 3 nitrogen and oxygen atoms in total. The highest BCUT2D eigenvalue weighted by Crippen LogP contribution is 2.48. The van der Waals surface area contributed by atoms with Crippen LogP contribution in [0.2, 0.25) is 0 Å². The fourth-order valence-corrected chi connectivity index (χ4v) is 9.35. The SMILES string of the molecule is c1ccc2c(c1)sc1sc3c4ccccc4n(-c4ccc5c(c4)nc4c6ccccc6c6ccccc6n54)c3c12. The van der Waals surface area contributed by atoms with Gasteiger partial charge in [0.25, 0.3) is 0 Å². The number of fused-ring (bicyclic) bond motifs is 15. The summed E-state index contributed by atoms with van der Waals surface area (Å²) in [6, 6.07) is 41.7. The quantitative estimate of drug-likeness (QED) is 0.188. The van der Waals surface area contributed by atoms with Crippen molar-refractivity contribution < 1.29 is 0 Å². The lowest BCUT2D eigenvalue weighted by Gasteiger charge is -2.09. The second-order valence-electron chi connectivity index (χ2n) is 10.4. The van der Waals surface area contributed by atoms with Crippen LogP contribution in [0.1, 0.15) is 0 Å². The summed E-state index contributed by atoms with van der Waals surface area (Å²) in [5, 5.41) is 7.67. The van der Waals surface area contributed by atoms with E-state index in [1.807, 2.05) is 22.7 Å². The summed E-state index contributed by atoms with van der Waals surface area (Å²) in [6.07, 6.45) is 0. The second-order valence-corrected chi connectivity index (χ2v) is 12.7. The Morgan fingerprint density at radius 2 is 1.25 bits per heavy atom. The number of pyridine rings is 1. The van der Waals surface area contributed by atoms with Gasteiger partial charge in [0.05, 0.1) is 36.3 Å². The van der Waals surface area contributed by atoms with Crippen LogP contribution < -0.4 is 0 Å². The molecule has 0 fully saturated rings. The number of benzene rings is 5. The Morgan fingerprint density at radius 3 is 2.12 bits per heavy atom. The van der Waals surface area contributed by atoms with E-state index in [2.05, 4.69) is 124 Å². The molecule has 5 heteroatoms. The molecule has 0 aliphatic heterocycles. The number of thiophene rings is 2. The van der Waals surface area contributed by atoms with Crippen LogP contribution in [0.5, 0.6) is 0 Å². The van der Waals surface area contributed by atoms with Crippen molar-refractivity contribution in [3.05, 3.63) is 115 Å². The van der Waals surface area contributed by atoms with Crippen LogP contribution in [0.4, 0.5) is 0 Å². The maximum atomic E-state index is 5.27. The first-order valence-corrected chi connectivity index (χ1v) is 15.0. The molecule has 5 aromatic carbocycles. The standard InChI is InChI=1S/C35H19N3S2/c1-2-11-23-21(9-1)22-10-3-6-14-27(22)38-29-18-17-20(19-26(29)36-34(23)38)37-28-15-7-4-12-24(28)33-32(37)31-25-13-5-8-16-30(25)39-35(31)40-33/h1-19H. The molecule has 0 bridgehead atoms. The largest absolute Gasteiger partial charge is 0.308 e. The second kappa shape index (κ2) is 7.48. The first-order valence-electron chi connectivity index (χ1n) is 13.4. The highest BCUT2D eigenvalue weighted by atomic mass is 32.2. The summed E-state index contributed by atoms with van der Waals surface area (Å²) in [5.74, 6) is 0. The van der Waals surface area contributed by atoms with Gasteiger partial charge in [-0.25, -0.2) is 4.98 Å². The van der Waals surface area contributed by atoms with Crippen LogP contribution in [0.15, 0.2) is 115 Å². The number of nitrogens with zero attached hydrogens (tertiary/aromatic N) is 3. The molecule has 5 aromatic heterocycles. The Hall–Kier alpha value is -4.71. The van der Waals surface area contributed by atoms with Gasteiger partial charge < -0.3 is 4.57 Å². The van der Waals surface area contributed by atoms with Gasteiger partial charge in [-0.1, -0.05) is 78.9 Å². The minimum atomic E-state index is 1.01. The van der Waals surface area contributed by atoms with Crippen molar-refractivity contribution in [2.75, 3.05) is 0 Å². The van der Waals surface area contributed by atoms with E-state index in [9.17, 15) is 0 Å². The summed E-state index contributed by atoms with van der Waals surface area (Å²) >= 11 is 3.82. The lowest BCUT2D eigenvalue weighted by Crippen LogP contribution is -1.94. The molecule has 0 aliphatic carbocycles. The van der Waals surface area contributed by atoms with Gasteiger partial charge in [-0.3, -0.25) is 4.40 Å². The van der Waals surface area contributed by atoms with Crippen molar-refractivity contribution in [2.24, 2.45) is 0 Å². The van der Waals surface area contributed by atoms with E-state index >= 15 is 0 Å². The van der Waals surface area contributed by atoms with E-state index in [1.54, 1.807) is 0 Å². The fourth-order valence-electron chi connectivity index (χ4n) is 6.66. The van der Waals surface area contributed by atoms with Crippen molar-refractivity contribution in [1.82, 2.24) is 14.0 Å². The smallest absolute Gasteiger partial charge is 0.146 e. The van der Waals surface area contributed by atoms with Crippen LogP contribution in [0, 0.1) is 0 Å². The topological polar surface area (TPSA) is 22.2 Å². The van der Waals surface area contributed by atoms with Gasteiger partial charge in [0.1, 0.15) is 5.65 Å². The van der Waals surface area contributed by atoms with Crippen LogP contribution in [0.3, 0.4) is 0 Å². The number of rotatable bonds is 1. The van der Waals surface area contributed by atoms with Gasteiger partial charge in [-0.2, -0.15) is 0 Å². The predicted octanol–water partition coefficient (Wildman–Crippen LogP) is 10.3. The van der Waals surface area contributed by atoms with E-state index in [4.69, 9.17) is 4.98 Å². The Balaban J connectivity index is 1.36. The minimum Gasteiger partial charge on any atom is -0.308 e. The molecule has 0 atom stereocenters. The van der Waals surface area contributed by atoms with Crippen LogP contribution in [0.25, 0.3) is 84.6 Å². The molecule has 10 aromatic rings. The van der Waals surface area contributed by atoms with Gasteiger partial charge in [0, 0.05) is 37.3 Å². The third-order valence-electron chi connectivity index (χ3n) is 8.32. The number of hydrogen-bond donors (Lipinski definition) is 0. The highest BCUT2D eigenvalue weighted by Gasteiger charge is 2.21. The third-order valence-corrected chi connectivity index (χ3v) is 10.8. The molecule has 0 saturated carbocycles. The Labute approximate surface area is 235 Å². The zero-order valence-corrected chi connectivity index (χ0v) is 22.8. The van der Waals surface area contributed by atoms with E-state index in [0.29, 0.717) is 0 Å². The van der Waals surface area contributed by atoms with E-state index in [1.165, 1.54) is 62.3 Å². The van der Waals surface area contributed by atoms with Crippen molar-refractivity contribution in [2.45, 2.75) is 0 Å². The lowest BCUT2D eigenvalue weighted by molar-refractivity contribution is 1.19. The summed E-state index contributed by atoms with van der Waals surface area (Å²) in [5.41, 5.74) is 8.01. The molecular weight excluding hydrogens is 527 g/mol. The first-order chi connectivity index (χ1) is 19.8. The zero-order chi connectivity index (χ0) is 25.9. The number of imidazole rings is 1. The lowest BCUT2D eigenvalue weighted by atomic mass is 10.1. The van der Waals surface area contributed by atoms with Gasteiger partial charge in [0.15, 0.2) is 0 Å². The molecule has 186 valence electrons. The van der Waals surface area contributed by atoms with Gasteiger partial charge in [0.2, 0.25) is 0 Å².